The van der Waals surface area contributed by atoms with Crippen LogP contribution in [0.1, 0.15) is 18.4 Å². The van der Waals surface area contributed by atoms with E-state index in [9.17, 15) is 4.79 Å². The van der Waals surface area contributed by atoms with Crippen LogP contribution in [0.15, 0.2) is 30.5 Å². The van der Waals surface area contributed by atoms with Crippen molar-refractivity contribution in [3.05, 3.63) is 36.0 Å². The van der Waals surface area contributed by atoms with Gasteiger partial charge in [0.2, 0.25) is 5.91 Å². The highest BCUT2D eigenvalue weighted by Gasteiger charge is 2.22. The molecule has 1 aliphatic rings. The highest BCUT2D eigenvalue weighted by Crippen LogP contribution is 2.18. The Hall–Kier alpha value is -1.81. The first-order chi connectivity index (χ1) is 8.81. The molecule has 94 valence electrons. The van der Waals surface area contributed by atoms with E-state index < -0.39 is 0 Å². The third-order valence-corrected chi connectivity index (χ3v) is 3.17. The van der Waals surface area contributed by atoms with Crippen LogP contribution in [0, 0.1) is 0 Å². The molecule has 0 unspecified atom stereocenters. The molecule has 1 aromatic heterocycles. The SMILES string of the molecule is O=C(CNCc1ccc2[nH]ccc2c1)NC1CC1. The maximum atomic E-state index is 11.5. The van der Waals surface area contributed by atoms with Crippen LogP contribution >= 0.6 is 0 Å². The summed E-state index contributed by atoms with van der Waals surface area (Å²) in [4.78, 5) is 14.6. The number of amides is 1. The molecule has 1 aliphatic carbocycles. The Labute approximate surface area is 106 Å². The van der Waals surface area contributed by atoms with Crippen molar-refractivity contribution in [3.8, 4) is 0 Å². The number of nitrogens with one attached hydrogen (secondary N) is 3. The minimum absolute atomic E-state index is 0.0974. The number of aromatic nitrogens is 1. The molecule has 1 fully saturated rings. The number of H-pyrrole nitrogens is 1. The number of carbonyl (C=O) groups excluding carboxylic acids is 1. The Kier molecular flexibility index (Phi) is 3.02. The largest absolute Gasteiger partial charge is 0.361 e. The number of fused-ring (bicyclic) bond motifs is 1. The molecule has 3 N–H and O–H groups in total. The summed E-state index contributed by atoms with van der Waals surface area (Å²) >= 11 is 0. The summed E-state index contributed by atoms with van der Waals surface area (Å²) in [6.45, 7) is 1.11. The van der Waals surface area contributed by atoms with Crippen LogP contribution in [0.3, 0.4) is 0 Å². The van der Waals surface area contributed by atoms with Gasteiger partial charge in [0.15, 0.2) is 0 Å². The second-order valence-corrected chi connectivity index (χ2v) is 4.84. The third-order valence-electron chi connectivity index (χ3n) is 3.17. The zero-order valence-electron chi connectivity index (χ0n) is 10.2. The van der Waals surface area contributed by atoms with Gasteiger partial charge in [-0.25, -0.2) is 0 Å². The van der Waals surface area contributed by atoms with Gasteiger partial charge < -0.3 is 15.6 Å². The molecule has 4 heteroatoms. The average Bonchev–Trinajstić information content (AvgIpc) is 3.05. The maximum absolute atomic E-state index is 11.5. The summed E-state index contributed by atoms with van der Waals surface area (Å²) < 4.78 is 0. The molecule has 0 spiro atoms. The quantitative estimate of drug-likeness (QED) is 0.746. The van der Waals surface area contributed by atoms with Crippen molar-refractivity contribution in [2.45, 2.75) is 25.4 Å². The van der Waals surface area contributed by atoms with E-state index in [1.807, 2.05) is 6.20 Å². The lowest BCUT2D eigenvalue weighted by Crippen LogP contribution is -2.34. The van der Waals surface area contributed by atoms with Gasteiger partial charge in [0.25, 0.3) is 0 Å². The van der Waals surface area contributed by atoms with Gasteiger partial charge in [-0.1, -0.05) is 6.07 Å². The predicted molar refractivity (Wildman–Crippen MR) is 71.2 cm³/mol. The van der Waals surface area contributed by atoms with Gasteiger partial charge >= 0.3 is 0 Å². The topological polar surface area (TPSA) is 56.9 Å². The van der Waals surface area contributed by atoms with Crippen LogP contribution in [-0.2, 0) is 11.3 Å². The lowest BCUT2D eigenvalue weighted by Gasteiger charge is -2.06. The summed E-state index contributed by atoms with van der Waals surface area (Å²) in [5.74, 6) is 0.0974. The summed E-state index contributed by atoms with van der Waals surface area (Å²) in [6.07, 6.45) is 4.21. The van der Waals surface area contributed by atoms with E-state index in [0.29, 0.717) is 12.6 Å². The number of hydrogen-bond donors (Lipinski definition) is 3. The number of rotatable bonds is 5. The van der Waals surface area contributed by atoms with Crippen LogP contribution < -0.4 is 10.6 Å². The lowest BCUT2D eigenvalue weighted by atomic mass is 10.1. The molecule has 18 heavy (non-hydrogen) atoms. The fourth-order valence-electron chi connectivity index (χ4n) is 2.04. The zero-order valence-corrected chi connectivity index (χ0v) is 10.2. The second-order valence-electron chi connectivity index (χ2n) is 4.84. The highest BCUT2D eigenvalue weighted by atomic mass is 16.2. The van der Waals surface area contributed by atoms with Gasteiger partial charge in [0.05, 0.1) is 6.54 Å². The van der Waals surface area contributed by atoms with Crippen molar-refractivity contribution < 1.29 is 4.79 Å². The minimum atomic E-state index is 0.0974. The smallest absolute Gasteiger partial charge is 0.234 e. The molecule has 0 atom stereocenters. The fraction of sp³-hybridized carbons (Fsp3) is 0.357. The van der Waals surface area contributed by atoms with E-state index in [2.05, 4.69) is 39.9 Å². The molecule has 1 heterocycles. The first-order valence-electron chi connectivity index (χ1n) is 6.37. The molecule has 0 radical (unpaired) electrons. The lowest BCUT2D eigenvalue weighted by molar-refractivity contribution is -0.120. The standard InChI is InChI=1S/C14H17N3O/c18-14(17-12-2-3-12)9-15-8-10-1-4-13-11(7-10)5-6-16-13/h1,4-7,12,15-16H,2-3,8-9H2,(H,17,18). The minimum Gasteiger partial charge on any atom is -0.361 e. The predicted octanol–water partition coefficient (Wildman–Crippen LogP) is 1.54. The Morgan fingerprint density at radius 2 is 2.22 bits per heavy atom. The number of aromatic amines is 1. The molecular weight excluding hydrogens is 226 g/mol. The van der Waals surface area contributed by atoms with E-state index in [0.717, 1.165) is 24.9 Å². The van der Waals surface area contributed by atoms with Crippen molar-refractivity contribution in [3.63, 3.8) is 0 Å². The molecule has 2 aromatic rings. The number of hydrogen-bond acceptors (Lipinski definition) is 2. The highest BCUT2D eigenvalue weighted by molar-refractivity contribution is 5.80. The van der Waals surface area contributed by atoms with E-state index in [4.69, 9.17) is 0 Å². The van der Waals surface area contributed by atoms with Gasteiger partial charge in [-0.05, 0) is 42.0 Å². The second kappa shape index (κ2) is 4.82. The van der Waals surface area contributed by atoms with Gasteiger partial charge in [-0.3, -0.25) is 4.79 Å². The Bertz CT molecular complexity index is 557. The van der Waals surface area contributed by atoms with Crippen molar-refractivity contribution in [1.29, 1.82) is 0 Å². The molecule has 1 saturated carbocycles. The molecule has 3 rings (SSSR count). The first kappa shape index (κ1) is 11.3. The summed E-state index contributed by atoms with van der Waals surface area (Å²) in [5.41, 5.74) is 2.34. The third kappa shape index (κ3) is 2.71. The molecule has 0 aliphatic heterocycles. The van der Waals surface area contributed by atoms with E-state index >= 15 is 0 Å². The number of benzene rings is 1. The zero-order chi connectivity index (χ0) is 12.4. The van der Waals surface area contributed by atoms with Crippen LogP contribution in [0.2, 0.25) is 0 Å². The van der Waals surface area contributed by atoms with Crippen LogP contribution in [-0.4, -0.2) is 23.5 Å². The van der Waals surface area contributed by atoms with Crippen molar-refractivity contribution in [1.82, 2.24) is 15.6 Å². The summed E-state index contributed by atoms with van der Waals surface area (Å²) in [5, 5.41) is 7.33. The van der Waals surface area contributed by atoms with Crippen LogP contribution in [0.4, 0.5) is 0 Å². The molecule has 0 bridgehead atoms. The van der Waals surface area contributed by atoms with Crippen molar-refractivity contribution in [2.75, 3.05) is 6.54 Å². The van der Waals surface area contributed by atoms with Crippen molar-refractivity contribution in [2.24, 2.45) is 0 Å². The van der Waals surface area contributed by atoms with Crippen LogP contribution in [0.25, 0.3) is 10.9 Å². The molecule has 1 amide bonds. The summed E-state index contributed by atoms with van der Waals surface area (Å²) in [7, 11) is 0. The van der Waals surface area contributed by atoms with Gasteiger partial charge in [-0.2, -0.15) is 0 Å². The number of carbonyl (C=O) groups is 1. The Morgan fingerprint density at radius 1 is 1.33 bits per heavy atom. The summed E-state index contributed by atoms with van der Waals surface area (Å²) in [6, 6.07) is 8.77. The monoisotopic (exact) mass is 243 g/mol. The molecule has 1 aromatic carbocycles. The maximum Gasteiger partial charge on any atom is 0.234 e. The van der Waals surface area contributed by atoms with E-state index in [1.54, 1.807) is 0 Å². The van der Waals surface area contributed by atoms with Gasteiger partial charge in [0.1, 0.15) is 0 Å². The average molecular weight is 243 g/mol. The normalized spacial score (nSPS) is 14.9. The van der Waals surface area contributed by atoms with Gasteiger partial charge in [0, 0.05) is 24.3 Å². The fourth-order valence-corrected chi connectivity index (χ4v) is 2.04. The first-order valence-corrected chi connectivity index (χ1v) is 6.37. The van der Waals surface area contributed by atoms with Crippen LogP contribution in [0.5, 0.6) is 0 Å². The van der Waals surface area contributed by atoms with E-state index in [-0.39, 0.29) is 5.91 Å². The molecular formula is C14H17N3O. The molecule has 0 saturated heterocycles. The van der Waals surface area contributed by atoms with Crippen molar-refractivity contribution >= 4 is 16.8 Å². The molecule has 4 nitrogen and oxygen atoms in total. The Morgan fingerprint density at radius 3 is 3.06 bits per heavy atom. The Balaban J connectivity index is 1.50. The van der Waals surface area contributed by atoms with Gasteiger partial charge in [-0.15, -0.1) is 0 Å². The van der Waals surface area contributed by atoms with E-state index in [1.165, 1.54) is 10.9 Å².